The molecule has 3 N–H and O–H groups in total. The number of aliphatic hydroxyl groups excluding tert-OH is 1. The van der Waals surface area contributed by atoms with Gasteiger partial charge in [0, 0.05) is 19.9 Å². The Morgan fingerprint density at radius 2 is 2.32 bits per heavy atom. The maximum atomic E-state index is 11.8. The summed E-state index contributed by atoms with van der Waals surface area (Å²) in [5, 5.41) is 24.5. The van der Waals surface area contributed by atoms with Crippen molar-refractivity contribution in [2.45, 2.75) is 32.0 Å². The second-order valence-corrected chi connectivity index (χ2v) is 4.28. The van der Waals surface area contributed by atoms with Crippen LogP contribution in [0.3, 0.4) is 0 Å². The first kappa shape index (κ1) is 13.3. The number of nitrogens with one attached hydrogen (secondary N) is 1. The van der Waals surface area contributed by atoms with Crippen molar-refractivity contribution in [3.8, 4) is 0 Å². The molecule has 2 atom stereocenters. The summed E-state index contributed by atoms with van der Waals surface area (Å²) < 4.78 is 4.74. The number of aliphatic carboxylic acids is 1. The van der Waals surface area contributed by atoms with Crippen molar-refractivity contribution in [3.05, 3.63) is 11.7 Å². The SMILES string of the molecule is Cc1nc(CNC(=O)N2CC(O)CC2C(=O)O)no1. The molecule has 1 saturated heterocycles. The second-order valence-electron chi connectivity index (χ2n) is 4.28. The van der Waals surface area contributed by atoms with E-state index in [1.807, 2.05) is 0 Å². The lowest BCUT2D eigenvalue weighted by Crippen LogP contribution is -2.46. The van der Waals surface area contributed by atoms with Gasteiger partial charge in [-0.25, -0.2) is 9.59 Å². The number of carboxylic acids is 1. The van der Waals surface area contributed by atoms with E-state index in [0.29, 0.717) is 11.7 Å². The molecule has 19 heavy (non-hydrogen) atoms. The van der Waals surface area contributed by atoms with Gasteiger partial charge in [0.05, 0.1) is 12.6 Å². The summed E-state index contributed by atoms with van der Waals surface area (Å²) in [5.41, 5.74) is 0. The van der Waals surface area contributed by atoms with Crippen LogP contribution >= 0.6 is 0 Å². The lowest BCUT2D eigenvalue weighted by atomic mass is 10.2. The molecule has 9 nitrogen and oxygen atoms in total. The number of urea groups is 1. The van der Waals surface area contributed by atoms with E-state index in [1.165, 1.54) is 0 Å². The van der Waals surface area contributed by atoms with Gasteiger partial charge in [0.1, 0.15) is 6.04 Å². The molecule has 0 saturated carbocycles. The summed E-state index contributed by atoms with van der Waals surface area (Å²) in [5.74, 6) is -0.455. The number of aryl methyl sites for hydroxylation is 1. The first-order valence-electron chi connectivity index (χ1n) is 5.72. The van der Waals surface area contributed by atoms with Crippen LogP contribution in [0.4, 0.5) is 4.79 Å². The van der Waals surface area contributed by atoms with E-state index in [0.717, 1.165) is 4.90 Å². The number of likely N-dealkylation sites (tertiary alicyclic amines) is 1. The summed E-state index contributed by atoms with van der Waals surface area (Å²) in [6, 6.07) is -1.59. The largest absolute Gasteiger partial charge is 0.480 e. The van der Waals surface area contributed by atoms with Crippen molar-refractivity contribution in [3.63, 3.8) is 0 Å². The van der Waals surface area contributed by atoms with Crippen LogP contribution in [-0.2, 0) is 11.3 Å². The molecule has 0 aliphatic carbocycles. The van der Waals surface area contributed by atoms with E-state index in [2.05, 4.69) is 15.5 Å². The Morgan fingerprint density at radius 3 is 2.89 bits per heavy atom. The van der Waals surface area contributed by atoms with E-state index in [1.54, 1.807) is 6.92 Å². The van der Waals surface area contributed by atoms with Crippen molar-refractivity contribution in [2.75, 3.05) is 6.54 Å². The zero-order valence-electron chi connectivity index (χ0n) is 10.2. The van der Waals surface area contributed by atoms with Crippen LogP contribution in [0.2, 0.25) is 0 Å². The highest BCUT2D eigenvalue weighted by Gasteiger charge is 2.38. The van der Waals surface area contributed by atoms with Gasteiger partial charge in [-0.15, -0.1) is 0 Å². The molecule has 0 radical (unpaired) electrons. The molecule has 104 valence electrons. The van der Waals surface area contributed by atoms with Gasteiger partial charge in [0.25, 0.3) is 0 Å². The highest BCUT2D eigenvalue weighted by atomic mass is 16.5. The molecule has 1 aliphatic rings. The lowest BCUT2D eigenvalue weighted by Gasteiger charge is -2.20. The summed E-state index contributed by atoms with van der Waals surface area (Å²) in [4.78, 5) is 27.8. The fraction of sp³-hybridized carbons (Fsp3) is 0.600. The van der Waals surface area contributed by atoms with E-state index in [4.69, 9.17) is 9.63 Å². The number of hydrogen-bond donors (Lipinski definition) is 3. The first-order valence-corrected chi connectivity index (χ1v) is 5.72. The Balaban J connectivity index is 1.93. The van der Waals surface area contributed by atoms with Gasteiger partial charge in [-0.3, -0.25) is 0 Å². The number of nitrogens with zero attached hydrogens (tertiary/aromatic N) is 3. The van der Waals surface area contributed by atoms with Gasteiger partial charge >= 0.3 is 12.0 Å². The van der Waals surface area contributed by atoms with Crippen LogP contribution in [0.5, 0.6) is 0 Å². The zero-order chi connectivity index (χ0) is 14.0. The highest BCUT2D eigenvalue weighted by molar-refractivity contribution is 5.83. The molecular formula is C10H14N4O5. The monoisotopic (exact) mass is 270 g/mol. The minimum absolute atomic E-state index is 0.00588. The molecule has 9 heteroatoms. The van der Waals surface area contributed by atoms with Crippen molar-refractivity contribution in [1.82, 2.24) is 20.4 Å². The maximum Gasteiger partial charge on any atom is 0.326 e. The van der Waals surface area contributed by atoms with Gasteiger partial charge in [-0.1, -0.05) is 5.16 Å². The third-order valence-corrected chi connectivity index (χ3v) is 2.79. The molecular weight excluding hydrogens is 256 g/mol. The number of aromatic nitrogens is 2. The van der Waals surface area contributed by atoms with E-state index >= 15 is 0 Å². The minimum atomic E-state index is -1.14. The van der Waals surface area contributed by atoms with Gasteiger partial charge in [0.2, 0.25) is 5.89 Å². The molecule has 0 spiro atoms. The topological polar surface area (TPSA) is 129 Å². The molecule has 1 aromatic rings. The average Bonchev–Trinajstić information content (AvgIpc) is 2.92. The van der Waals surface area contributed by atoms with E-state index in [9.17, 15) is 14.7 Å². The Kier molecular flexibility index (Phi) is 3.65. The van der Waals surface area contributed by atoms with E-state index in [-0.39, 0.29) is 19.5 Å². The number of aliphatic hydroxyl groups is 1. The molecule has 1 aliphatic heterocycles. The number of amides is 2. The third kappa shape index (κ3) is 2.99. The summed E-state index contributed by atoms with van der Waals surface area (Å²) in [6.07, 6.45) is -0.788. The summed E-state index contributed by atoms with van der Waals surface area (Å²) in [7, 11) is 0. The predicted molar refractivity (Wildman–Crippen MR) is 60.0 cm³/mol. The minimum Gasteiger partial charge on any atom is -0.480 e. The second kappa shape index (κ2) is 5.22. The van der Waals surface area contributed by atoms with Gasteiger partial charge < -0.3 is 25.0 Å². The Hall–Kier alpha value is -2.16. The molecule has 1 fully saturated rings. The van der Waals surface area contributed by atoms with Crippen molar-refractivity contribution < 1.29 is 24.3 Å². The summed E-state index contributed by atoms with van der Waals surface area (Å²) in [6.45, 7) is 1.65. The standard InChI is InChI=1S/C10H14N4O5/c1-5-12-8(13-19-5)3-11-10(18)14-4-6(15)2-7(14)9(16)17/h6-7,15H,2-4H2,1H3,(H,11,18)(H,16,17). The molecule has 2 unspecified atom stereocenters. The smallest absolute Gasteiger partial charge is 0.326 e. The predicted octanol–water partition coefficient (Wildman–Crippen LogP) is -0.893. The molecule has 2 amide bonds. The van der Waals surface area contributed by atoms with Gasteiger partial charge in [-0.05, 0) is 0 Å². The number of carbonyl (C=O) groups excluding carboxylic acids is 1. The third-order valence-electron chi connectivity index (χ3n) is 2.79. The van der Waals surface area contributed by atoms with Crippen LogP contribution < -0.4 is 5.32 Å². The molecule has 1 aromatic heterocycles. The molecule has 0 bridgehead atoms. The van der Waals surface area contributed by atoms with Crippen LogP contribution in [0.15, 0.2) is 4.52 Å². The van der Waals surface area contributed by atoms with Gasteiger partial charge in [0.15, 0.2) is 5.82 Å². The average molecular weight is 270 g/mol. The number of carboxylic acid groups (broad SMARTS) is 1. The summed E-state index contributed by atoms with van der Waals surface area (Å²) >= 11 is 0. The lowest BCUT2D eigenvalue weighted by molar-refractivity contribution is -0.141. The van der Waals surface area contributed by atoms with Crippen LogP contribution in [0.25, 0.3) is 0 Å². The Morgan fingerprint density at radius 1 is 1.58 bits per heavy atom. The first-order chi connectivity index (χ1) is 8.97. The van der Waals surface area contributed by atoms with E-state index < -0.39 is 24.1 Å². The van der Waals surface area contributed by atoms with Crippen molar-refractivity contribution in [2.24, 2.45) is 0 Å². The Labute approximate surface area is 108 Å². The molecule has 2 rings (SSSR count). The number of hydrogen-bond acceptors (Lipinski definition) is 6. The van der Waals surface area contributed by atoms with Crippen molar-refractivity contribution in [1.29, 1.82) is 0 Å². The van der Waals surface area contributed by atoms with Crippen LogP contribution in [0.1, 0.15) is 18.1 Å². The molecule has 2 heterocycles. The Bertz CT molecular complexity index is 488. The molecule has 0 aromatic carbocycles. The fourth-order valence-electron chi connectivity index (χ4n) is 1.94. The normalized spacial score (nSPS) is 22.5. The zero-order valence-corrected chi connectivity index (χ0v) is 10.2. The van der Waals surface area contributed by atoms with Gasteiger partial charge in [-0.2, -0.15) is 4.98 Å². The maximum absolute atomic E-state index is 11.8. The fourth-order valence-corrected chi connectivity index (χ4v) is 1.94. The van der Waals surface area contributed by atoms with Crippen molar-refractivity contribution >= 4 is 12.0 Å². The van der Waals surface area contributed by atoms with Crippen LogP contribution in [-0.4, -0.2) is 55.9 Å². The quantitative estimate of drug-likeness (QED) is 0.649. The number of carbonyl (C=O) groups is 2. The number of β-amino-alcohol motifs (C(OH)–C–C–N with tert-alkyl or cyclic N) is 1. The van der Waals surface area contributed by atoms with Crippen LogP contribution in [0, 0.1) is 6.92 Å². The highest BCUT2D eigenvalue weighted by Crippen LogP contribution is 2.18. The number of rotatable bonds is 3.